The average Bonchev–Trinajstić information content (AvgIpc) is 0.774. The first-order valence-electron chi connectivity index (χ1n) is 46.8. The summed E-state index contributed by atoms with van der Waals surface area (Å²) in [5, 5.41) is 344. The molecule has 147 heavy (non-hydrogen) atoms. The summed E-state index contributed by atoms with van der Waals surface area (Å²) in [6, 6.07) is -12.3. The van der Waals surface area contributed by atoms with Crippen molar-refractivity contribution in [3.63, 3.8) is 0 Å². The van der Waals surface area contributed by atoms with Crippen molar-refractivity contribution >= 4 is 41.9 Å². The molecule has 65 heteroatoms. The minimum Gasteiger partial charge on any atom is -0.394 e. The molecule has 0 radical (unpaired) electrons. The summed E-state index contributed by atoms with van der Waals surface area (Å²) in [5.41, 5.74) is 0. The van der Waals surface area contributed by atoms with E-state index < -0.39 is 465 Å². The van der Waals surface area contributed by atoms with E-state index in [0.717, 1.165) is 41.5 Å². The minimum absolute atomic E-state index is 0.236. The van der Waals surface area contributed by atoms with Gasteiger partial charge < -0.3 is 290 Å². The Morgan fingerprint density at radius 2 is 0.435 bits per heavy atom. The Hall–Kier alpha value is -5.75. The number of nitrogens with one attached hydrogen (secondary N) is 7. The van der Waals surface area contributed by atoms with Crippen LogP contribution in [0.1, 0.15) is 41.5 Å². The number of carbonyl (C=O) groups excluding carboxylic acids is 7. The van der Waals surface area contributed by atoms with Crippen molar-refractivity contribution in [1.82, 2.24) is 37.2 Å². The number of hydrogen-bond donors (Lipinski definition) is 36. The number of rotatable bonds is 43. The van der Waals surface area contributed by atoms with Crippen LogP contribution in [-0.2, 0) is 138 Å². The van der Waals surface area contributed by atoms with Crippen LogP contribution in [0.4, 0.5) is 0 Å². The molecule has 848 valence electrons. The van der Waals surface area contributed by atoms with Crippen LogP contribution in [0.5, 0.6) is 0 Å². The van der Waals surface area contributed by atoms with E-state index in [9.17, 15) is 182 Å². The third-order valence-electron chi connectivity index (χ3n) is 26.3. The van der Waals surface area contributed by atoms with E-state index in [1.165, 1.54) is 0 Å². The van der Waals surface area contributed by atoms with Crippen LogP contribution in [0.15, 0.2) is 0 Å². The zero-order valence-electron chi connectivity index (χ0n) is 79.4. The molecule has 11 heterocycles. The second-order valence-electron chi connectivity index (χ2n) is 36.8. The van der Waals surface area contributed by atoms with Crippen molar-refractivity contribution < 1.29 is 286 Å². The highest BCUT2D eigenvalue weighted by Crippen LogP contribution is 2.42. The molecule has 11 rings (SSSR count). The monoisotopic (exact) mass is 2150 g/mol. The Kier molecular flexibility index (Phi) is 45.1. The van der Waals surface area contributed by atoms with Crippen molar-refractivity contribution in [2.75, 3.05) is 85.9 Å². The molecule has 11 saturated heterocycles. The van der Waals surface area contributed by atoms with Gasteiger partial charge in [-0.25, -0.2) is 0 Å². The molecule has 0 spiro atoms. The first-order chi connectivity index (χ1) is 69.7. The quantitative estimate of drug-likeness (QED) is 0.0252. The molecule has 11 aliphatic rings. The summed E-state index contributed by atoms with van der Waals surface area (Å²) in [5.74, 6) is -5.58. The van der Waals surface area contributed by atoms with Gasteiger partial charge >= 0.3 is 0 Å². The largest absolute Gasteiger partial charge is 0.394 e. The maximum Gasteiger partial charge on any atom is 0.217 e. The van der Waals surface area contributed by atoms with Crippen molar-refractivity contribution in [1.29, 1.82) is 0 Å². The van der Waals surface area contributed by atoms with Crippen molar-refractivity contribution in [2.24, 2.45) is 0 Å². The molecule has 0 aromatic carbocycles. The Morgan fingerprint density at radius 3 is 0.735 bits per heavy atom. The van der Waals surface area contributed by atoms with Gasteiger partial charge in [0.2, 0.25) is 41.9 Å². The van der Waals surface area contributed by atoms with E-state index in [-0.39, 0.29) is 6.41 Å². The standard InChI is InChI=1S/C82H137N7O58/c1-21(100)84-39-52(113)45(106)28(8-91)130-72(39)127-17-36-48(109)58(119)60(121)79(138-36)141-65-32(12-95)134-73(42(55(65)116)87-24(4)103)128-18-37-50(111)70(146-75-40(85-22(2)101)53(114)46(107)29(9-92)131-75)63(124)81(139-37)142-66-33(13-96)135-74(43(56(66)117)88-25(5)104)129-19-38-51(112)71(147-76-41(86-23(3)102)54(115)47(108)30(10-93)132-76)64(125)82(140-38)143-67-34(14-97)136-77(44(57(67)118)89-26(6)105)145-69-49(110)31(11-94)133-80(62(69)123)144-68-35(15-98)137-78(61(122)59(68)120)126-16-27(7-90)83-20-99/h20,27-82,90-98,106-125H,7-19H2,1-6H3,(H,83,99)(H,84,100)(H,85,101)(H,86,102)(H,87,103)(H,88,104)(H,89,105)/t27-,28-,29-,30-,31-,32-,33-,34-,35-,36-,37-,38-,39-,40-,41-,42-,43-,44-,45-,46-,47-,48+,49+,50+,51+,52-,53-,54-,55-,56-,57-,58+,59-,60-,61-,62-,63-,64-,65-,66-,67-,68-,69+,70+,71+,72-,73-,74-,75+,76+,77+,78-,79+,80+,81+,82+/m1/s1. The third-order valence-corrected chi connectivity index (χ3v) is 26.3. The molecule has 7 amide bonds. The third kappa shape index (κ3) is 28.4. The molecule has 0 bridgehead atoms. The molecule has 11 aliphatic heterocycles. The van der Waals surface area contributed by atoms with Crippen LogP contribution in [0.2, 0.25) is 0 Å². The predicted octanol–water partition coefficient (Wildman–Crippen LogP) is -25.0. The summed E-state index contributed by atoms with van der Waals surface area (Å²) in [4.78, 5) is 88.4. The summed E-state index contributed by atoms with van der Waals surface area (Å²) in [6.45, 7) is -7.57. The molecule has 36 N–H and O–H groups in total. The van der Waals surface area contributed by atoms with Crippen LogP contribution in [0.3, 0.4) is 0 Å². The molecule has 65 nitrogen and oxygen atoms in total. The fourth-order valence-corrected chi connectivity index (χ4v) is 18.6. The normalized spacial score (nSPS) is 46.5. The van der Waals surface area contributed by atoms with Crippen molar-refractivity contribution in [3.8, 4) is 0 Å². The van der Waals surface area contributed by atoms with Gasteiger partial charge in [0.1, 0.15) is 268 Å². The Balaban J connectivity index is 0.848. The summed E-state index contributed by atoms with van der Waals surface area (Å²) >= 11 is 0. The molecule has 0 aromatic rings. The average molecular weight is 2150 g/mol. The summed E-state index contributed by atoms with van der Waals surface area (Å²) < 4.78 is 131. The summed E-state index contributed by atoms with van der Waals surface area (Å²) in [7, 11) is 0. The summed E-state index contributed by atoms with van der Waals surface area (Å²) in [6.07, 6.45) is -102. The van der Waals surface area contributed by atoms with Gasteiger partial charge in [-0.15, -0.1) is 0 Å². The molecule has 0 aromatic heterocycles. The highest BCUT2D eigenvalue weighted by Gasteiger charge is 2.63. The SMILES string of the molecule is CC(=O)N[C@H]1[C@H](OC[C@H]2O[C@@H](O[C@H]3[C@H](O)[C@@H](NC(C)=O)[C@H](OC[C@H]4O[C@@H](O[C@H]5[C@H](O)[C@@H](NC(C)=O)[C@H](O[C@H]6[C@@H](O)[C@@H](CO)O[C@@H](O[C@H]7[C@H](O)[C@@H](O)[C@H](OC[C@@H](CO)NC=O)O[C@@H]7CO)[C@@H]6O)O[C@@H]5CO)[C@H](O)[C@@H](O[C@@H]5O[C@H](CO)[C@@H](O)[C@H](O)[C@H]5NC(C)=O)[C@H]4O)O[C@@H]3CO)[C@H](O)[C@@H](O[C@@H]3O[C@H](CO)[C@@H](O)[C@H](O)[C@H]3NC(C)=O)[C@H]2O)O[C@H](CO)[C@@H](O[C@@H]2O[C@H](CO[C@@H]3O[C@H](CO)[C@@H](O)[C@H](O)[C@H]3NC(C)=O)[C@H](O)[C@H](O)[C@H]2O)[C@@H]1O. The fourth-order valence-electron chi connectivity index (χ4n) is 18.6. The second-order valence-corrected chi connectivity index (χ2v) is 36.8. The Bertz CT molecular complexity index is 4110. The zero-order valence-corrected chi connectivity index (χ0v) is 79.4. The lowest BCUT2D eigenvalue weighted by molar-refractivity contribution is -0.388. The molecule has 0 saturated carbocycles. The van der Waals surface area contributed by atoms with Crippen molar-refractivity contribution in [2.45, 2.75) is 385 Å². The van der Waals surface area contributed by atoms with Gasteiger partial charge in [0.05, 0.1) is 91.9 Å². The van der Waals surface area contributed by atoms with Crippen LogP contribution in [0, 0.1) is 0 Å². The topological polar surface area (TPSA) is 993 Å². The van der Waals surface area contributed by atoms with Gasteiger partial charge in [-0.1, -0.05) is 0 Å². The zero-order chi connectivity index (χ0) is 108. The minimum atomic E-state index is -2.51. The Labute approximate surface area is 833 Å². The van der Waals surface area contributed by atoms with Crippen LogP contribution < -0.4 is 37.2 Å². The second kappa shape index (κ2) is 54.6. The number of amides is 7. The molecular weight excluding hydrogens is 2010 g/mol. The number of ether oxygens (including phenoxy) is 22. The lowest BCUT2D eigenvalue weighted by atomic mass is 9.94. The molecule has 56 atom stereocenters. The maximum absolute atomic E-state index is 13.4. The number of hydrogen-bond acceptors (Lipinski definition) is 58. The number of carbonyl (C=O) groups is 7. The van der Waals surface area contributed by atoms with E-state index in [0.29, 0.717) is 0 Å². The number of aliphatic hydroxyl groups excluding tert-OH is 29. The maximum atomic E-state index is 13.4. The van der Waals surface area contributed by atoms with E-state index >= 15 is 0 Å². The predicted molar refractivity (Wildman–Crippen MR) is 456 cm³/mol. The lowest BCUT2D eigenvalue weighted by Crippen LogP contribution is -2.70. The smallest absolute Gasteiger partial charge is 0.217 e. The molecule has 0 aliphatic carbocycles. The number of aliphatic hydroxyl groups is 29. The van der Waals surface area contributed by atoms with Gasteiger partial charge in [-0.3, -0.25) is 33.6 Å². The van der Waals surface area contributed by atoms with Gasteiger partial charge in [0.15, 0.2) is 69.2 Å². The highest BCUT2D eigenvalue weighted by molar-refractivity contribution is 5.75. The highest BCUT2D eigenvalue weighted by atomic mass is 16.8. The van der Waals surface area contributed by atoms with Gasteiger partial charge in [0, 0.05) is 41.5 Å². The Morgan fingerprint density at radius 1 is 0.224 bits per heavy atom. The van der Waals surface area contributed by atoms with E-state index in [1.54, 1.807) is 0 Å². The fraction of sp³-hybridized carbons (Fsp3) is 0.915. The van der Waals surface area contributed by atoms with Gasteiger partial charge in [-0.05, 0) is 0 Å². The first kappa shape index (κ1) is 121. The van der Waals surface area contributed by atoms with Crippen molar-refractivity contribution in [3.05, 3.63) is 0 Å². The lowest BCUT2D eigenvalue weighted by Gasteiger charge is -2.51. The molecule has 11 fully saturated rings. The van der Waals surface area contributed by atoms with Gasteiger partial charge in [-0.2, -0.15) is 0 Å². The molecular formula is C82H137N7O58. The first-order valence-corrected chi connectivity index (χ1v) is 46.8. The van der Waals surface area contributed by atoms with Crippen LogP contribution in [0.25, 0.3) is 0 Å². The molecule has 0 unspecified atom stereocenters. The van der Waals surface area contributed by atoms with E-state index in [4.69, 9.17) is 104 Å². The van der Waals surface area contributed by atoms with E-state index in [1.807, 2.05) is 0 Å². The van der Waals surface area contributed by atoms with Crippen LogP contribution >= 0.6 is 0 Å². The van der Waals surface area contributed by atoms with E-state index in [2.05, 4.69) is 37.2 Å². The van der Waals surface area contributed by atoms with Gasteiger partial charge in [0.25, 0.3) is 0 Å². The van der Waals surface area contributed by atoms with Crippen LogP contribution in [-0.4, -0.2) is 619 Å².